The normalized spacial score (nSPS) is 30.3. The maximum Gasteiger partial charge on any atom is 0.407 e. The second kappa shape index (κ2) is 7.88. The summed E-state index contributed by atoms with van der Waals surface area (Å²) in [5, 5.41) is 16.9. The number of alkyl carbamates (subject to hydrolysis) is 1. The van der Waals surface area contributed by atoms with E-state index in [4.69, 9.17) is 9.47 Å². The van der Waals surface area contributed by atoms with Crippen molar-refractivity contribution in [2.24, 2.45) is 13.0 Å². The first-order chi connectivity index (χ1) is 15.3. The first kappa shape index (κ1) is 20.9. The van der Waals surface area contributed by atoms with Gasteiger partial charge in [0.15, 0.2) is 5.82 Å². The average Bonchev–Trinajstić information content (AvgIpc) is 3.37. The van der Waals surface area contributed by atoms with E-state index in [1.54, 1.807) is 26.3 Å². The lowest BCUT2D eigenvalue weighted by Gasteiger charge is -2.61. The van der Waals surface area contributed by atoms with E-state index in [9.17, 15) is 14.0 Å². The van der Waals surface area contributed by atoms with Gasteiger partial charge >= 0.3 is 6.09 Å². The summed E-state index contributed by atoms with van der Waals surface area (Å²) in [5.74, 6) is 0.531. The molecule has 3 atom stereocenters. The Kier molecular flexibility index (Phi) is 5.15. The number of aryl methyl sites for hydroxylation is 1. The molecule has 0 aromatic carbocycles. The third-order valence-electron chi connectivity index (χ3n) is 6.83. The molecule has 4 aliphatic rings. The highest BCUT2D eigenvalue weighted by molar-refractivity contribution is 6.02. The number of nitrogens with zero attached hydrogens (tertiary/aromatic N) is 3. The van der Waals surface area contributed by atoms with E-state index in [-0.39, 0.29) is 23.8 Å². The van der Waals surface area contributed by atoms with Gasteiger partial charge in [-0.1, -0.05) is 0 Å². The topological polar surface area (TPSA) is 123 Å². The van der Waals surface area contributed by atoms with Crippen LogP contribution in [-0.2, 0) is 23.1 Å². The Morgan fingerprint density at radius 3 is 2.78 bits per heavy atom. The molecule has 10 nitrogen and oxygen atoms in total. The number of H-pyrrole nitrogens is 1. The van der Waals surface area contributed by atoms with Gasteiger partial charge in [-0.3, -0.25) is 14.6 Å². The van der Waals surface area contributed by atoms with E-state index >= 15 is 0 Å². The highest BCUT2D eigenvalue weighted by Gasteiger charge is 2.58. The van der Waals surface area contributed by atoms with Crippen LogP contribution in [0.15, 0.2) is 12.1 Å². The summed E-state index contributed by atoms with van der Waals surface area (Å²) in [4.78, 5) is 24.7. The molecule has 4 fully saturated rings. The molecule has 2 aromatic heterocycles. The summed E-state index contributed by atoms with van der Waals surface area (Å²) >= 11 is 0. The van der Waals surface area contributed by atoms with E-state index < -0.39 is 18.4 Å². The summed E-state index contributed by atoms with van der Waals surface area (Å²) in [6, 6.07) is 3.34. The van der Waals surface area contributed by atoms with Gasteiger partial charge in [-0.25, -0.2) is 9.18 Å². The summed E-state index contributed by atoms with van der Waals surface area (Å²) in [6.07, 6.45) is 1.04. The van der Waals surface area contributed by atoms with Crippen molar-refractivity contribution in [1.29, 1.82) is 0 Å². The molecular weight excluding hydrogens is 419 g/mol. The Labute approximate surface area is 184 Å². The Bertz CT molecular complexity index is 1020. The molecule has 0 saturated heterocycles. The summed E-state index contributed by atoms with van der Waals surface area (Å²) < 4.78 is 26.4. The quantitative estimate of drug-likeness (QED) is 0.600. The predicted molar refractivity (Wildman–Crippen MR) is 111 cm³/mol. The molecule has 6 rings (SSSR count). The molecule has 2 bridgehead atoms. The Morgan fingerprint density at radius 2 is 2.09 bits per heavy atom. The van der Waals surface area contributed by atoms with E-state index in [2.05, 4.69) is 25.9 Å². The molecule has 2 aromatic rings. The smallest absolute Gasteiger partial charge is 0.407 e. The highest BCUT2D eigenvalue weighted by Crippen LogP contribution is 2.57. The van der Waals surface area contributed by atoms with Gasteiger partial charge in [-0.2, -0.15) is 10.2 Å². The lowest BCUT2D eigenvalue weighted by atomic mass is 9.50. The number of ether oxygens (including phenoxy) is 2. The van der Waals surface area contributed by atoms with Crippen molar-refractivity contribution in [2.45, 2.75) is 62.4 Å². The zero-order valence-electron chi connectivity index (χ0n) is 18.1. The standard InChI is InChI=1S/C21H27FN6O4/c1-28-16(5-13(27-28)10-31-2)19(29)23-18-6-15(25-26-18)12-3-14(22)17(4-12)32-20(30)24-21-7-11(8-21)9-21/h5-6,11-12,14,17H,3-4,7-10H2,1-2H3,(H,24,30)(H2,23,25,26,29)/t11?,12-,14-,17-,21?/m1/s1. The van der Waals surface area contributed by atoms with Crippen LogP contribution in [0.25, 0.3) is 0 Å². The van der Waals surface area contributed by atoms with E-state index in [1.165, 1.54) is 4.68 Å². The number of carbonyl (C=O) groups is 2. The van der Waals surface area contributed by atoms with Crippen LogP contribution in [0.5, 0.6) is 0 Å². The molecule has 32 heavy (non-hydrogen) atoms. The number of amides is 2. The maximum atomic E-state index is 14.5. The van der Waals surface area contributed by atoms with E-state index in [1.807, 2.05) is 0 Å². The number of alkyl halides is 1. The lowest BCUT2D eigenvalue weighted by Crippen LogP contribution is -2.68. The van der Waals surface area contributed by atoms with Gasteiger partial charge < -0.3 is 20.1 Å². The van der Waals surface area contributed by atoms with E-state index in [0.29, 0.717) is 35.9 Å². The van der Waals surface area contributed by atoms with Crippen LogP contribution in [0, 0.1) is 5.92 Å². The predicted octanol–water partition coefficient (Wildman–Crippen LogP) is 2.40. The fraction of sp³-hybridized carbons (Fsp3) is 0.619. The minimum absolute atomic E-state index is 0.0970. The maximum absolute atomic E-state index is 14.5. The van der Waals surface area contributed by atoms with Crippen LogP contribution in [0.2, 0.25) is 0 Å². The highest BCUT2D eigenvalue weighted by atomic mass is 19.1. The number of hydrogen-bond donors (Lipinski definition) is 3. The fourth-order valence-electron chi connectivity index (χ4n) is 5.09. The van der Waals surface area contributed by atoms with Crippen molar-refractivity contribution in [3.63, 3.8) is 0 Å². The average molecular weight is 446 g/mol. The van der Waals surface area contributed by atoms with Crippen LogP contribution in [0.1, 0.15) is 59.9 Å². The SMILES string of the molecule is COCc1cc(C(=O)Nc2cc([C@@H]3C[C@@H](F)[C@H](OC(=O)NC45CC(C4)C5)C3)[nH]n2)n(C)n1. The number of aromatic nitrogens is 4. The number of hydrogen-bond acceptors (Lipinski definition) is 6. The van der Waals surface area contributed by atoms with E-state index in [0.717, 1.165) is 25.2 Å². The summed E-state index contributed by atoms with van der Waals surface area (Å²) in [7, 11) is 3.23. The third kappa shape index (κ3) is 3.85. The van der Waals surface area contributed by atoms with Gasteiger partial charge in [-0.15, -0.1) is 0 Å². The molecule has 4 aliphatic carbocycles. The van der Waals surface area contributed by atoms with Crippen molar-refractivity contribution in [3.8, 4) is 0 Å². The van der Waals surface area contributed by atoms with Crippen LogP contribution < -0.4 is 10.6 Å². The van der Waals surface area contributed by atoms with Crippen molar-refractivity contribution in [3.05, 3.63) is 29.2 Å². The van der Waals surface area contributed by atoms with Gasteiger partial charge in [0.1, 0.15) is 18.0 Å². The Morgan fingerprint density at radius 1 is 1.31 bits per heavy atom. The number of rotatable bonds is 7. The third-order valence-corrected chi connectivity index (χ3v) is 6.83. The molecule has 4 saturated carbocycles. The molecule has 2 amide bonds. The number of aromatic amines is 1. The minimum atomic E-state index is -1.24. The number of carbonyl (C=O) groups excluding carboxylic acids is 2. The molecule has 0 unspecified atom stereocenters. The first-order valence-electron chi connectivity index (χ1n) is 10.9. The van der Waals surface area contributed by atoms with Gasteiger partial charge in [0.25, 0.3) is 5.91 Å². The zero-order chi connectivity index (χ0) is 22.5. The molecule has 0 spiro atoms. The zero-order valence-corrected chi connectivity index (χ0v) is 18.1. The number of methoxy groups -OCH3 is 1. The number of anilines is 1. The molecule has 3 N–H and O–H groups in total. The van der Waals surface area contributed by atoms with Crippen molar-refractivity contribution in [2.75, 3.05) is 12.4 Å². The minimum Gasteiger partial charge on any atom is -0.443 e. The molecular formula is C21H27FN6O4. The van der Waals surface area contributed by atoms with Gasteiger partial charge in [0.2, 0.25) is 0 Å². The summed E-state index contributed by atoms with van der Waals surface area (Å²) in [6.45, 7) is 0.308. The lowest BCUT2D eigenvalue weighted by molar-refractivity contribution is -0.0530. The van der Waals surface area contributed by atoms with Crippen LogP contribution >= 0.6 is 0 Å². The van der Waals surface area contributed by atoms with Crippen LogP contribution in [0.4, 0.5) is 15.0 Å². The van der Waals surface area contributed by atoms with Gasteiger partial charge in [-0.05, 0) is 44.1 Å². The Hall–Kier alpha value is -2.95. The van der Waals surface area contributed by atoms with Crippen molar-refractivity contribution in [1.82, 2.24) is 25.3 Å². The first-order valence-corrected chi connectivity index (χ1v) is 10.9. The molecule has 0 radical (unpaired) electrons. The second-order valence-electron chi connectivity index (χ2n) is 9.25. The van der Waals surface area contributed by atoms with Crippen molar-refractivity contribution >= 4 is 17.8 Å². The largest absolute Gasteiger partial charge is 0.443 e. The molecule has 0 aliphatic heterocycles. The molecule has 2 heterocycles. The van der Waals surface area contributed by atoms with Crippen molar-refractivity contribution < 1.29 is 23.5 Å². The second-order valence-corrected chi connectivity index (χ2v) is 9.25. The van der Waals surface area contributed by atoms with Gasteiger partial charge in [0.05, 0.1) is 12.3 Å². The van der Waals surface area contributed by atoms with Crippen LogP contribution in [0.3, 0.4) is 0 Å². The monoisotopic (exact) mass is 446 g/mol. The summed E-state index contributed by atoms with van der Waals surface area (Å²) in [5.41, 5.74) is 1.61. The molecule has 172 valence electrons. The number of nitrogens with one attached hydrogen (secondary N) is 3. The van der Waals surface area contributed by atoms with Crippen LogP contribution in [-0.4, -0.2) is 56.9 Å². The molecule has 11 heteroatoms. The number of halogens is 1. The fourth-order valence-corrected chi connectivity index (χ4v) is 5.09. The van der Waals surface area contributed by atoms with Gasteiger partial charge in [0, 0.05) is 37.4 Å². The Balaban J connectivity index is 1.16.